The van der Waals surface area contributed by atoms with E-state index in [4.69, 9.17) is 0 Å². The number of Topliss-reactive ketones (excluding diaryl/α,β-unsaturated/α-hetero) is 1. The molecule has 0 amide bonds. The predicted molar refractivity (Wildman–Crippen MR) is 90.7 cm³/mol. The summed E-state index contributed by atoms with van der Waals surface area (Å²) in [5.41, 5.74) is 0.207. The van der Waals surface area contributed by atoms with Gasteiger partial charge in [-0.15, -0.1) is 0 Å². The van der Waals surface area contributed by atoms with E-state index in [-0.39, 0.29) is 21.6 Å². The summed E-state index contributed by atoms with van der Waals surface area (Å²) in [7, 11) is 0. The number of benzene rings is 1. The van der Waals surface area contributed by atoms with Gasteiger partial charge in [-0.25, -0.2) is 0 Å². The molecule has 0 heterocycles. The predicted octanol–water partition coefficient (Wildman–Crippen LogP) is 4.98. The lowest BCUT2D eigenvalue weighted by molar-refractivity contribution is -0.120. The Bertz CT molecular complexity index is 498. The molecular formula is C18H26O2S. The Kier molecular flexibility index (Phi) is 5.80. The number of rotatable bonds is 5. The molecule has 1 aromatic carbocycles. The number of hydrogen-bond donors (Lipinski definition) is 0. The summed E-state index contributed by atoms with van der Waals surface area (Å²) in [5, 5.41) is 0.156. The van der Waals surface area contributed by atoms with E-state index >= 15 is 0 Å². The highest BCUT2D eigenvalue weighted by molar-refractivity contribution is 8.14. The molecule has 0 saturated carbocycles. The van der Waals surface area contributed by atoms with Crippen LogP contribution in [0.4, 0.5) is 0 Å². The second-order valence-corrected chi connectivity index (χ2v) is 8.92. The van der Waals surface area contributed by atoms with Crippen LogP contribution in [0.25, 0.3) is 0 Å². The third-order valence-corrected chi connectivity index (χ3v) is 5.07. The fourth-order valence-electron chi connectivity index (χ4n) is 1.89. The van der Waals surface area contributed by atoms with Crippen LogP contribution in [-0.4, -0.2) is 15.6 Å². The highest BCUT2D eigenvalue weighted by Crippen LogP contribution is 2.39. The van der Waals surface area contributed by atoms with Crippen molar-refractivity contribution in [3.8, 4) is 0 Å². The van der Waals surface area contributed by atoms with Crippen molar-refractivity contribution >= 4 is 22.7 Å². The molecule has 0 aliphatic heterocycles. The van der Waals surface area contributed by atoms with Crippen LogP contribution in [0.2, 0.25) is 0 Å². The highest BCUT2D eigenvalue weighted by atomic mass is 32.2. The van der Waals surface area contributed by atoms with E-state index in [2.05, 4.69) is 0 Å². The summed E-state index contributed by atoms with van der Waals surface area (Å²) >= 11 is 1.36. The number of carbonyl (C=O) groups excluding carboxylic acids is 2. The molecular weight excluding hydrogens is 280 g/mol. The molecule has 1 unspecified atom stereocenters. The Labute approximate surface area is 132 Å². The molecule has 0 aliphatic carbocycles. The van der Waals surface area contributed by atoms with Crippen LogP contribution < -0.4 is 0 Å². The minimum absolute atomic E-state index is 0.00700. The largest absolute Gasteiger partial charge is 0.294 e. The van der Waals surface area contributed by atoms with Crippen LogP contribution in [0.5, 0.6) is 0 Å². The van der Waals surface area contributed by atoms with Crippen LogP contribution in [0, 0.1) is 11.3 Å². The van der Waals surface area contributed by atoms with Gasteiger partial charge in [0.25, 0.3) is 0 Å². The van der Waals surface area contributed by atoms with Gasteiger partial charge < -0.3 is 0 Å². The average molecular weight is 306 g/mol. The Morgan fingerprint density at radius 1 is 1.05 bits per heavy atom. The van der Waals surface area contributed by atoms with Crippen molar-refractivity contribution < 1.29 is 9.59 Å². The van der Waals surface area contributed by atoms with Gasteiger partial charge in [0, 0.05) is 22.1 Å². The number of hydrogen-bond acceptors (Lipinski definition) is 3. The first kappa shape index (κ1) is 18.0. The Hall–Kier alpha value is -1.09. The zero-order valence-electron chi connectivity index (χ0n) is 13.9. The summed E-state index contributed by atoms with van der Waals surface area (Å²) < 4.78 is -0.0997. The minimum atomic E-state index is -0.512. The van der Waals surface area contributed by atoms with Gasteiger partial charge in [-0.2, -0.15) is 0 Å². The standard InChI is InChI=1S/C18H26O2S/c1-13(12-15(19)14-10-8-7-9-11-14)18(5,6)16(20)21-17(2,3)4/h7-11,13H,12H2,1-6H3. The van der Waals surface area contributed by atoms with Crippen molar-refractivity contribution in [3.63, 3.8) is 0 Å². The molecule has 1 atom stereocenters. The topological polar surface area (TPSA) is 34.1 Å². The minimum Gasteiger partial charge on any atom is -0.294 e. The second kappa shape index (κ2) is 6.78. The fourth-order valence-corrected chi connectivity index (χ4v) is 2.91. The van der Waals surface area contributed by atoms with Gasteiger partial charge in [0.05, 0.1) is 0 Å². The number of ketones is 1. The van der Waals surface area contributed by atoms with Crippen LogP contribution >= 0.6 is 11.8 Å². The van der Waals surface area contributed by atoms with Crippen LogP contribution in [0.15, 0.2) is 30.3 Å². The summed E-state index contributed by atoms with van der Waals surface area (Å²) in [6.07, 6.45) is 0.396. The van der Waals surface area contributed by atoms with Gasteiger partial charge in [-0.05, 0) is 5.92 Å². The molecule has 0 saturated heterocycles. The third kappa shape index (κ3) is 5.31. The van der Waals surface area contributed by atoms with Crippen molar-refractivity contribution in [2.24, 2.45) is 11.3 Å². The molecule has 0 aromatic heterocycles. The van der Waals surface area contributed by atoms with E-state index in [0.717, 1.165) is 5.56 Å². The lowest BCUT2D eigenvalue weighted by Crippen LogP contribution is -2.33. The van der Waals surface area contributed by atoms with E-state index in [1.165, 1.54) is 11.8 Å². The van der Waals surface area contributed by atoms with Crippen molar-refractivity contribution in [1.29, 1.82) is 0 Å². The monoisotopic (exact) mass is 306 g/mol. The maximum Gasteiger partial charge on any atom is 0.195 e. The molecule has 21 heavy (non-hydrogen) atoms. The number of carbonyl (C=O) groups is 2. The summed E-state index contributed by atoms with van der Waals surface area (Å²) in [5.74, 6) is 0.109. The van der Waals surface area contributed by atoms with Crippen molar-refractivity contribution in [3.05, 3.63) is 35.9 Å². The first-order valence-corrected chi connectivity index (χ1v) is 8.17. The first-order valence-electron chi connectivity index (χ1n) is 7.36. The highest BCUT2D eigenvalue weighted by Gasteiger charge is 2.37. The van der Waals surface area contributed by atoms with E-state index in [1.807, 2.05) is 71.9 Å². The Morgan fingerprint density at radius 3 is 2.05 bits per heavy atom. The lowest BCUT2D eigenvalue weighted by atomic mass is 9.78. The molecule has 0 fully saturated rings. The molecule has 0 spiro atoms. The Morgan fingerprint density at radius 2 is 1.57 bits per heavy atom. The van der Waals surface area contributed by atoms with Gasteiger partial charge in [-0.3, -0.25) is 9.59 Å². The van der Waals surface area contributed by atoms with Crippen molar-refractivity contribution in [1.82, 2.24) is 0 Å². The Balaban J connectivity index is 2.75. The van der Waals surface area contributed by atoms with Gasteiger partial charge in [0.2, 0.25) is 0 Å². The molecule has 0 N–H and O–H groups in total. The maximum atomic E-state index is 12.5. The van der Waals surface area contributed by atoms with Crippen molar-refractivity contribution in [2.45, 2.75) is 52.7 Å². The average Bonchev–Trinajstić information content (AvgIpc) is 2.37. The zero-order valence-corrected chi connectivity index (χ0v) is 14.7. The van der Waals surface area contributed by atoms with E-state index < -0.39 is 5.41 Å². The molecule has 116 valence electrons. The second-order valence-electron chi connectivity index (χ2n) is 7.12. The molecule has 2 nitrogen and oxygen atoms in total. The number of thioether (sulfide) groups is 1. The van der Waals surface area contributed by atoms with Gasteiger partial charge in [0.15, 0.2) is 10.9 Å². The zero-order chi connectivity index (χ0) is 16.3. The molecule has 1 aromatic rings. The first-order chi connectivity index (χ1) is 9.54. The molecule has 1 rings (SSSR count). The summed E-state index contributed by atoms with van der Waals surface area (Å²) in [6.45, 7) is 12.0. The quantitative estimate of drug-likeness (QED) is 0.719. The maximum absolute atomic E-state index is 12.5. The van der Waals surface area contributed by atoms with E-state index in [0.29, 0.717) is 6.42 Å². The van der Waals surface area contributed by atoms with Crippen molar-refractivity contribution in [2.75, 3.05) is 0 Å². The van der Waals surface area contributed by atoms with Crippen LogP contribution in [0.3, 0.4) is 0 Å². The fraction of sp³-hybridized carbons (Fsp3) is 0.556. The van der Waals surface area contributed by atoms with Gasteiger partial charge in [0.1, 0.15) is 0 Å². The SMILES string of the molecule is CC(CC(=O)c1ccccc1)C(C)(C)C(=O)SC(C)(C)C. The van der Waals surface area contributed by atoms with E-state index in [1.54, 1.807) is 0 Å². The molecule has 0 bridgehead atoms. The van der Waals surface area contributed by atoms with Gasteiger partial charge in [-0.1, -0.05) is 83.6 Å². The summed E-state index contributed by atoms with van der Waals surface area (Å²) in [6, 6.07) is 9.28. The van der Waals surface area contributed by atoms with Crippen LogP contribution in [0.1, 0.15) is 58.3 Å². The molecule has 0 radical (unpaired) electrons. The molecule has 0 aliphatic rings. The van der Waals surface area contributed by atoms with Gasteiger partial charge >= 0.3 is 0 Å². The van der Waals surface area contributed by atoms with E-state index in [9.17, 15) is 9.59 Å². The third-order valence-electron chi connectivity index (χ3n) is 3.74. The summed E-state index contributed by atoms with van der Waals surface area (Å²) in [4.78, 5) is 24.8. The molecule has 3 heteroatoms. The van der Waals surface area contributed by atoms with Crippen LogP contribution in [-0.2, 0) is 4.79 Å². The normalized spacial score (nSPS) is 13.8. The smallest absolute Gasteiger partial charge is 0.195 e. The lowest BCUT2D eigenvalue weighted by Gasteiger charge is -2.32.